The maximum atomic E-state index is 16.2. The maximum Gasteiger partial charge on any atom is 0.417 e. The molecule has 3 fully saturated rings. The van der Waals surface area contributed by atoms with Crippen molar-refractivity contribution in [3.05, 3.63) is 153 Å². The van der Waals surface area contributed by atoms with E-state index in [2.05, 4.69) is 15.0 Å². The van der Waals surface area contributed by atoms with Crippen LogP contribution in [-0.4, -0.2) is 65.2 Å². The van der Waals surface area contributed by atoms with Gasteiger partial charge in [0, 0.05) is 37.2 Å². The predicted molar refractivity (Wildman–Crippen MR) is 252 cm³/mol. The van der Waals surface area contributed by atoms with Crippen LogP contribution in [0.25, 0.3) is 5.76 Å². The van der Waals surface area contributed by atoms with Crippen molar-refractivity contribution in [3.63, 3.8) is 0 Å². The molecule has 0 bridgehead atoms. The van der Waals surface area contributed by atoms with Crippen molar-refractivity contribution >= 4 is 25.6 Å². The molecule has 0 radical (unpaired) electrons. The van der Waals surface area contributed by atoms with E-state index in [4.69, 9.17) is 18.4 Å². The quantitative estimate of drug-likeness (QED) is 0.0958. The van der Waals surface area contributed by atoms with E-state index in [0.29, 0.717) is 39.0 Å². The molecular formula is C54H58F3N3O7Si. The first-order valence-electron chi connectivity index (χ1n) is 23.8. The number of carbonyl (C=O) groups excluding carboxylic acids is 2. The van der Waals surface area contributed by atoms with Crippen LogP contribution in [0.5, 0.6) is 11.6 Å². The Kier molecular flexibility index (Phi) is 11.9. The molecule has 10 nitrogen and oxygen atoms in total. The Labute approximate surface area is 396 Å². The van der Waals surface area contributed by atoms with E-state index in [0.717, 1.165) is 23.1 Å². The molecule has 1 N–H and O–H groups in total. The van der Waals surface area contributed by atoms with E-state index in [-0.39, 0.29) is 71.3 Å². The highest BCUT2D eigenvalue weighted by Gasteiger charge is 2.69. The van der Waals surface area contributed by atoms with Gasteiger partial charge in [-0.25, -0.2) is 0 Å². The minimum absolute atomic E-state index is 0.00497. The third-order valence-electron chi connectivity index (χ3n) is 15.5. The molecule has 5 aromatic rings. The van der Waals surface area contributed by atoms with Crippen molar-refractivity contribution in [3.8, 4) is 11.6 Å². The first kappa shape index (κ1) is 46.2. The minimum atomic E-state index is -4.84. The summed E-state index contributed by atoms with van der Waals surface area (Å²) in [5.41, 5.74) is -0.716. The SMILES string of the molecule is CC(C)(C)[Si](C)(C)O[C@]12C(=O)C3=C(O)c4c(OCc5ccccc5)cc(C5CCCN5Cc5ccccc5)c(C(F)(F)F)c4C[C@H]3C[C@H]1[C@H](N1CCC1)c1onc(OCc3ccccc3)c1C2=O. The molecule has 3 heterocycles. The largest absolute Gasteiger partial charge is 0.507 e. The number of aliphatic hydroxyl groups excluding tert-OH is 1. The van der Waals surface area contributed by atoms with E-state index < -0.39 is 71.9 Å². The standard InChI is InChI=1S/C54H58F3N3O7Si/c1-52(2,3)68(4,5)67-53-39(46(59-25-16-26-59)48-44(50(53)63)51(58-66-48)65-32-35-21-13-8-14-22-35)28-36-27-38-43(47(61)42(36)49(53)62)41(64-31-34-19-11-7-12-20-34)29-37(45(38)54(55,56)57)40-23-15-24-60(40)30-33-17-9-6-10-18-33/h6-14,17-22,29,36,39-40,46,61H,15-16,23-28,30-32H2,1-5H3/t36-,39-,40?,46-,53-/m0/s1. The average Bonchev–Trinajstić information content (AvgIpc) is 3.93. The maximum absolute atomic E-state index is 16.2. The molecule has 2 aliphatic heterocycles. The Morgan fingerprint density at radius 1 is 0.824 bits per heavy atom. The van der Waals surface area contributed by atoms with Crippen molar-refractivity contribution < 1.29 is 46.3 Å². The molecular weight excluding hydrogens is 888 g/mol. The van der Waals surface area contributed by atoms with Crippen LogP contribution in [0.4, 0.5) is 13.2 Å². The molecule has 3 aliphatic carbocycles. The second kappa shape index (κ2) is 17.5. The fraction of sp³-hybridized carbons (Fsp3) is 0.426. The molecule has 5 aliphatic rings. The topological polar surface area (TPSA) is 115 Å². The first-order valence-corrected chi connectivity index (χ1v) is 26.7. The fourth-order valence-electron chi connectivity index (χ4n) is 11.1. The molecule has 1 unspecified atom stereocenters. The molecule has 5 atom stereocenters. The van der Waals surface area contributed by atoms with Crippen LogP contribution in [0.1, 0.15) is 114 Å². The van der Waals surface area contributed by atoms with Crippen LogP contribution in [0.15, 0.2) is 107 Å². The van der Waals surface area contributed by atoms with Gasteiger partial charge in [0.1, 0.15) is 30.3 Å². The lowest BCUT2D eigenvalue weighted by molar-refractivity contribution is -0.143. The number of Topliss-reactive ketones (excluding diaryl/α,β-unsaturated/α-hetero) is 2. The van der Waals surface area contributed by atoms with Gasteiger partial charge in [0.15, 0.2) is 19.7 Å². The summed E-state index contributed by atoms with van der Waals surface area (Å²) in [6.07, 6.45) is -2.96. The molecule has 1 aromatic heterocycles. The van der Waals surface area contributed by atoms with E-state index in [9.17, 15) is 5.11 Å². The molecule has 10 rings (SSSR count). The van der Waals surface area contributed by atoms with Gasteiger partial charge in [-0.3, -0.25) is 19.4 Å². The number of benzene rings is 4. The molecule has 0 spiro atoms. The summed E-state index contributed by atoms with van der Waals surface area (Å²) in [5, 5.41) is 16.7. The number of hydrogen-bond acceptors (Lipinski definition) is 10. The van der Waals surface area contributed by atoms with Crippen molar-refractivity contribution in [2.75, 3.05) is 19.6 Å². The van der Waals surface area contributed by atoms with Gasteiger partial charge < -0.3 is 23.5 Å². The number of rotatable bonds is 12. The lowest BCUT2D eigenvalue weighted by atomic mass is 9.56. The Morgan fingerprint density at radius 3 is 2.03 bits per heavy atom. The smallest absolute Gasteiger partial charge is 0.417 e. The molecule has 0 amide bonds. The molecule has 14 heteroatoms. The molecule has 356 valence electrons. The normalized spacial score (nSPS) is 24.2. The molecule has 1 saturated carbocycles. The number of aromatic nitrogens is 1. The van der Waals surface area contributed by atoms with Gasteiger partial charge in [-0.05, 0) is 102 Å². The lowest BCUT2D eigenvalue weighted by Gasteiger charge is -2.56. The number of hydrogen-bond donors (Lipinski definition) is 1. The third-order valence-corrected chi connectivity index (χ3v) is 20.0. The zero-order valence-electron chi connectivity index (χ0n) is 39.2. The van der Waals surface area contributed by atoms with Crippen LogP contribution < -0.4 is 9.47 Å². The van der Waals surface area contributed by atoms with Crippen molar-refractivity contribution in [1.82, 2.24) is 15.0 Å². The summed E-state index contributed by atoms with van der Waals surface area (Å²) in [6.45, 7) is 12.4. The number of ether oxygens (including phenoxy) is 2. The van der Waals surface area contributed by atoms with Crippen LogP contribution in [0.2, 0.25) is 18.1 Å². The highest BCUT2D eigenvalue weighted by molar-refractivity contribution is 6.74. The molecule has 4 aromatic carbocycles. The average molecular weight is 946 g/mol. The van der Waals surface area contributed by atoms with Crippen LogP contribution in [-0.2, 0) is 41.6 Å². The summed E-state index contributed by atoms with van der Waals surface area (Å²) in [4.78, 5) is 36.3. The lowest BCUT2D eigenvalue weighted by Crippen LogP contribution is -2.69. The number of alkyl halides is 3. The Hall–Kier alpha value is -5.54. The van der Waals surface area contributed by atoms with Crippen LogP contribution in [0, 0.1) is 11.8 Å². The second-order valence-corrected chi connectivity index (χ2v) is 25.4. The number of halogens is 3. The third kappa shape index (κ3) is 7.90. The molecule has 2 saturated heterocycles. The Morgan fingerprint density at radius 2 is 1.44 bits per heavy atom. The van der Waals surface area contributed by atoms with Gasteiger partial charge >= 0.3 is 6.18 Å². The minimum Gasteiger partial charge on any atom is -0.507 e. The first-order chi connectivity index (χ1) is 32.5. The number of ketones is 2. The zero-order valence-corrected chi connectivity index (χ0v) is 40.2. The predicted octanol–water partition coefficient (Wildman–Crippen LogP) is 11.6. The molecule has 68 heavy (non-hydrogen) atoms. The number of aliphatic hydroxyl groups is 1. The summed E-state index contributed by atoms with van der Waals surface area (Å²) in [6, 6.07) is 28.6. The highest BCUT2D eigenvalue weighted by Crippen LogP contribution is 2.61. The summed E-state index contributed by atoms with van der Waals surface area (Å²) >= 11 is 0. The van der Waals surface area contributed by atoms with E-state index in [1.807, 2.05) is 125 Å². The van der Waals surface area contributed by atoms with Crippen LogP contribution in [0.3, 0.4) is 0 Å². The van der Waals surface area contributed by atoms with E-state index in [1.165, 1.54) is 6.07 Å². The zero-order chi connectivity index (χ0) is 47.8. The summed E-state index contributed by atoms with van der Waals surface area (Å²) in [7, 11) is -3.08. The number of nitrogens with zero attached hydrogens (tertiary/aromatic N) is 3. The van der Waals surface area contributed by atoms with Crippen molar-refractivity contribution in [1.29, 1.82) is 0 Å². The van der Waals surface area contributed by atoms with Gasteiger partial charge in [-0.1, -0.05) is 112 Å². The van der Waals surface area contributed by atoms with Gasteiger partial charge in [0.05, 0.1) is 17.2 Å². The summed E-state index contributed by atoms with van der Waals surface area (Å²) in [5.74, 6) is -3.61. The van der Waals surface area contributed by atoms with Gasteiger partial charge in [0.25, 0.3) is 5.88 Å². The highest BCUT2D eigenvalue weighted by atomic mass is 28.4. The van der Waals surface area contributed by atoms with Gasteiger partial charge in [0.2, 0.25) is 11.6 Å². The fourth-order valence-corrected chi connectivity index (χ4v) is 12.6. The number of likely N-dealkylation sites (tertiary alicyclic amines) is 2. The van der Waals surface area contributed by atoms with Gasteiger partial charge in [-0.2, -0.15) is 13.2 Å². The van der Waals surface area contributed by atoms with Crippen molar-refractivity contribution in [2.24, 2.45) is 11.8 Å². The van der Waals surface area contributed by atoms with Crippen molar-refractivity contribution in [2.45, 2.75) is 115 Å². The number of carbonyl (C=O) groups is 2. The van der Waals surface area contributed by atoms with E-state index in [1.54, 1.807) is 0 Å². The monoisotopic (exact) mass is 945 g/mol. The van der Waals surface area contributed by atoms with Gasteiger partial charge in [-0.15, -0.1) is 0 Å². The Balaban J connectivity index is 1.16. The Bertz CT molecular complexity index is 2750. The number of fused-ring (bicyclic) bond motifs is 4. The van der Waals surface area contributed by atoms with Crippen LogP contribution >= 0.6 is 0 Å². The summed E-state index contributed by atoms with van der Waals surface area (Å²) < 4.78 is 74.7. The van der Waals surface area contributed by atoms with E-state index >= 15 is 22.8 Å². The second-order valence-electron chi connectivity index (χ2n) is 20.7.